The van der Waals surface area contributed by atoms with Crippen LogP contribution in [0.15, 0.2) is 53.2 Å². The maximum Gasteiger partial charge on any atom is 0.283 e. The first-order chi connectivity index (χ1) is 14.5. The molecule has 2 amide bonds. The van der Waals surface area contributed by atoms with Crippen molar-refractivity contribution in [2.45, 2.75) is 26.3 Å². The zero-order chi connectivity index (χ0) is 22.8. The van der Waals surface area contributed by atoms with E-state index in [0.717, 1.165) is 11.8 Å². The molecular weight excluding hydrogens is 460 g/mol. The fourth-order valence-corrected chi connectivity index (χ4v) is 3.90. The monoisotopic (exact) mass is 479 g/mol. The Labute approximate surface area is 194 Å². The van der Waals surface area contributed by atoms with Crippen molar-refractivity contribution in [1.82, 2.24) is 5.32 Å². The number of para-hydroxylation sites is 1. The second-order valence-electron chi connectivity index (χ2n) is 7.78. The predicted molar refractivity (Wildman–Crippen MR) is 126 cm³/mol. The number of hydrogen-bond acceptors (Lipinski definition) is 4. The molecule has 1 heterocycles. The first kappa shape index (κ1) is 23.3. The number of nitrogens with zero attached hydrogens (tertiary/aromatic N) is 2. The normalized spacial score (nSPS) is 15.4. The Morgan fingerprint density at radius 1 is 1.19 bits per heavy atom. The third kappa shape index (κ3) is 5.87. The Morgan fingerprint density at radius 3 is 2.55 bits per heavy atom. The molecule has 0 radical (unpaired) electrons. The van der Waals surface area contributed by atoms with Crippen LogP contribution < -0.4 is 10.2 Å². The molecule has 1 aliphatic rings. The van der Waals surface area contributed by atoms with Crippen LogP contribution in [-0.2, 0) is 9.59 Å². The van der Waals surface area contributed by atoms with Crippen molar-refractivity contribution in [3.8, 4) is 0 Å². The van der Waals surface area contributed by atoms with Crippen LogP contribution in [0, 0.1) is 5.82 Å². The molecule has 1 N–H and O–H groups in total. The van der Waals surface area contributed by atoms with Gasteiger partial charge in [0.2, 0.25) is 5.91 Å². The molecule has 162 valence electrons. The maximum absolute atomic E-state index is 14.5. The Morgan fingerprint density at radius 2 is 1.90 bits per heavy atom. The number of anilines is 1. The number of hydrogen-bond donors (Lipinski definition) is 1. The second-order valence-corrected chi connectivity index (χ2v) is 9.53. The second kappa shape index (κ2) is 9.42. The Bertz CT molecular complexity index is 1100. The molecular formula is C22H20Cl2FN3O2S. The van der Waals surface area contributed by atoms with Crippen LogP contribution in [-0.4, -0.2) is 28.3 Å². The topological polar surface area (TPSA) is 61.8 Å². The van der Waals surface area contributed by atoms with Crippen LogP contribution in [0.1, 0.15) is 26.3 Å². The van der Waals surface area contributed by atoms with E-state index in [4.69, 9.17) is 23.2 Å². The van der Waals surface area contributed by atoms with Gasteiger partial charge in [-0.25, -0.2) is 9.38 Å². The quantitative estimate of drug-likeness (QED) is 0.586. The number of carbonyl (C=O) groups excluding carboxylic acids is 2. The van der Waals surface area contributed by atoms with Crippen LogP contribution >= 0.6 is 35.0 Å². The van der Waals surface area contributed by atoms with Gasteiger partial charge in [-0.2, -0.15) is 0 Å². The van der Waals surface area contributed by atoms with Crippen LogP contribution in [0.25, 0.3) is 6.08 Å². The minimum atomic E-state index is -0.570. The number of nitrogens with one attached hydrogen (secondary N) is 1. The molecule has 5 nitrogen and oxygen atoms in total. The van der Waals surface area contributed by atoms with Crippen LogP contribution in [0.3, 0.4) is 0 Å². The molecule has 0 atom stereocenters. The minimum absolute atomic E-state index is 0.0222. The summed E-state index contributed by atoms with van der Waals surface area (Å²) in [4.78, 5) is 30.9. The highest BCUT2D eigenvalue weighted by Crippen LogP contribution is 2.32. The lowest BCUT2D eigenvalue weighted by Gasteiger charge is -2.21. The lowest BCUT2D eigenvalue weighted by atomic mass is 10.1. The highest BCUT2D eigenvalue weighted by Gasteiger charge is 2.34. The predicted octanol–water partition coefficient (Wildman–Crippen LogP) is 5.52. The van der Waals surface area contributed by atoms with E-state index in [2.05, 4.69) is 10.3 Å². The number of benzene rings is 2. The molecule has 9 heteroatoms. The van der Waals surface area contributed by atoms with Gasteiger partial charge in [-0.05, 0) is 56.7 Å². The Balaban J connectivity index is 1.93. The van der Waals surface area contributed by atoms with E-state index >= 15 is 0 Å². The largest absolute Gasteiger partial charge is 0.351 e. The van der Waals surface area contributed by atoms with Gasteiger partial charge in [0, 0.05) is 5.54 Å². The average molecular weight is 480 g/mol. The first-order valence-electron chi connectivity index (χ1n) is 9.33. The molecule has 31 heavy (non-hydrogen) atoms. The Hall–Kier alpha value is -2.35. The van der Waals surface area contributed by atoms with Crippen molar-refractivity contribution >= 4 is 63.7 Å². The molecule has 0 aromatic heterocycles. The number of halogens is 3. The van der Waals surface area contributed by atoms with Crippen molar-refractivity contribution in [2.24, 2.45) is 4.99 Å². The average Bonchev–Trinajstić information content (AvgIpc) is 2.97. The van der Waals surface area contributed by atoms with E-state index in [1.165, 1.54) is 23.1 Å². The fourth-order valence-electron chi connectivity index (χ4n) is 2.78. The molecule has 0 bridgehead atoms. The van der Waals surface area contributed by atoms with E-state index in [9.17, 15) is 14.0 Å². The molecule has 0 saturated heterocycles. The first-order valence-corrected chi connectivity index (χ1v) is 11.1. The van der Waals surface area contributed by atoms with Gasteiger partial charge in [-0.15, -0.1) is 0 Å². The van der Waals surface area contributed by atoms with E-state index < -0.39 is 17.3 Å². The van der Waals surface area contributed by atoms with Gasteiger partial charge < -0.3 is 5.32 Å². The number of carbonyl (C=O) groups is 2. The van der Waals surface area contributed by atoms with Gasteiger partial charge in [-0.3, -0.25) is 14.5 Å². The third-order valence-corrected chi connectivity index (χ3v) is 5.69. The van der Waals surface area contributed by atoms with Gasteiger partial charge in [0.05, 0.1) is 21.5 Å². The summed E-state index contributed by atoms with van der Waals surface area (Å²) in [6, 6.07) is 10.8. The highest BCUT2D eigenvalue weighted by atomic mass is 35.5. The third-order valence-electron chi connectivity index (χ3n) is 4.02. The van der Waals surface area contributed by atoms with Crippen LogP contribution in [0.2, 0.25) is 10.0 Å². The maximum atomic E-state index is 14.5. The number of rotatable bonds is 4. The minimum Gasteiger partial charge on any atom is -0.351 e. The van der Waals surface area contributed by atoms with E-state index in [-0.39, 0.29) is 28.2 Å². The van der Waals surface area contributed by atoms with Gasteiger partial charge in [0.25, 0.3) is 5.91 Å². The summed E-state index contributed by atoms with van der Waals surface area (Å²) in [6.45, 7) is 5.61. The van der Waals surface area contributed by atoms with E-state index in [1.54, 1.807) is 30.3 Å². The summed E-state index contributed by atoms with van der Waals surface area (Å²) < 4.78 is 14.5. The summed E-state index contributed by atoms with van der Waals surface area (Å²) in [5.41, 5.74) is 0.384. The summed E-state index contributed by atoms with van der Waals surface area (Å²) in [7, 11) is 0. The summed E-state index contributed by atoms with van der Waals surface area (Å²) in [6.07, 6.45) is 1.54. The van der Waals surface area contributed by atoms with Gasteiger partial charge in [0.1, 0.15) is 11.5 Å². The van der Waals surface area contributed by atoms with Crippen molar-refractivity contribution in [3.63, 3.8) is 0 Å². The van der Waals surface area contributed by atoms with Gasteiger partial charge in [0.15, 0.2) is 5.17 Å². The van der Waals surface area contributed by atoms with Crippen molar-refractivity contribution < 1.29 is 14.0 Å². The van der Waals surface area contributed by atoms with Crippen molar-refractivity contribution in [1.29, 1.82) is 0 Å². The molecule has 0 aliphatic carbocycles. The molecule has 2 aromatic carbocycles. The number of amidine groups is 1. The molecule has 0 unspecified atom stereocenters. The fraction of sp³-hybridized carbons (Fsp3) is 0.227. The number of amides is 2. The smallest absolute Gasteiger partial charge is 0.283 e. The summed E-state index contributed by atoms with van der Waals surface area (Å²) in [5.74, 6) is -1.27. The van der Waals surface area contributed by atoms with E-state index in [1.807, 2.05) is 20.8 Å². The number of aliphatic imine (C=N–C) groups is 1. The highest BCUT2D eigenvalue weighted by molar-refractivity contribution is 8.14. The standard InChI is InChI=1S/C22H20Cl2FN3O2S/c1-22(2,3)27-19(29)12-31-21-26-17(11-13-8-9-14(23)15(24)10-13)20(30)28(21)18-7-5-4-6-16(18)25/h4-11H,12H2,1-3H3,(H,27,29)/b17-11-. The van der Waals surface area contributed by atoms with Gasteiger partial charge >= 0.3 is 0 Å². The van der Waals surface area contributed by atoms with Crippen molar-refractivity contribution in [2.75, 3.05) is 10.7 Å². The molecule has 0 fully saturated rings. The molecule has 3 rings (SSSR count). The Kier molecular flexibility index (Phi) is 7.09. The lowest BCUT2D eigenvalue weighted by Crippen LogP contribution is -2.42. The van der Waals surface area contributed by atoms with Crippen LogP contribution in [0.4, 0.5) is 10.1 Å². The molecule has 0 saturated carbocycles. The summed E-state index contributed by atoms with van der Waals surface area (Å²) in [5, 5.41) is 3.79. The van der Waals surface area contributed by atoms with Crippen molar-refractivity contribution in [3.05, 3.63) is 69.6 Å². The van der Waals surface area contributed by atoms with Crippen LogP contribution in [0.5, 0.6) is 0 Å². The van der Waals surface area contributed by atoms with E-state index in [0.29, 0.717) is 15.6 Å². The SMILES string of the molecule is CC(C)(C)NC(=O)CSC1=N/C(=C\c2ccc(Cl)c(Cl)c2)C(=O)N1c1ccccc1F. The molecule has 1 aliphatic heterocycles. The molecule has 2 aromatic rings. The number of thioether (sulfide) groups is 1. The van der Waals surface area contributed by atoms with Gasteiger partial charge in [-0.1, -0.05) is 53.2 Å². The molecule has 0 spiro atoms. The zero-order valence-corrected chi connectivity index (χ0v) is 19.4. The lowest BCUT2D eigenvalue weighted by molar-refractivity contribution is -0.120. The summed E-state index contributed by atoms with van der Waals surface area (Å²) >= 11 is 13.1. The zero-order valence-electron chi connectivity index (χ0n) is 17.1.